The summed E-state index contributed by atoms with van der Waals surface area (Å²) >= 11 is 0. The maximum Gasteiger partial charge on any atom is 0.215 e. The molecule has 0 aliphatic heterocycles. The average molecular weight is 211 g/mol. The number of nitrogens with zero attached hydrogens (tertiary/aromatic N) is 1. The number of pyridine rings is 1. The number of aromatic nitrogens is 1. The van der Waals surface area contributed by atoms with Crippen LogP contribution in [0.5, 0.6) is 5.88 Å². The predicted octanol–water partition coefficient (Wildman–Crippen LogP) is 0.536. The monoisotopic (exact) mass is 211 g/mol. The summed E-state index contributed by atoms with van der Waals surface area (Å²) in [5.41, 5.74) is 12.1. The molecule has 5 nitrogen and oxygen atoms in total. The van der Waals surface area contributed by atoms with Crippen molar-refractivity contribution in [2.75, 3.05) is 19.5 Å². The van der Waals surface area contributed by atoms with Gasteiger partial charge in [0.05, 0.1) is 20.3 Å². The average Bonchev–Trinajstić information content (AvgIpc) is 2.16. The van der Waals surface area contributed by atoms with E-state index in [2.05, 4.69) is 4.98 Å². The molecular weight excluding hydrogens is 194 g/mol. The van der Waals surface area contributed by atoms with E-state index in [1.807, 2.05) is 6.92 Å². The van der Waals surface area contributed by atoms with E-state index in [0.29, 0.717) is 24.9 Å². The molecule has 0 spiro atoms. The molecule has 1 heterocycles. The summed E-state index contributed by atoms with van der Waals surface area (Å²) in [4.78, 5) is 3.97. The number of hydrogen-bond acceptors (Lipinski definition) is 5. The summed E-state index contributed by atoms with van der Waals surface area (Å²) in [5, 5.41) is 0. The SMILES string of the molecule is COc1cc(COC[C@@H](C)N)cc(N)n1. The molecule has 0 aromatic carbocycles. The van der Waals surface area contributed by atoms with Gasteiger partial charge in [-0.3, -0.25) is 0 Å². The molecule has 0 aliphatic carbocycles. The molecule has 84 valence electrons. The first-order valence-corrected chi connectivity index (χ1v) is 4.75. The van der Waals surface area contributed by atoms with E-state index in [0.717, 1.165) is 5.56 Å². The summed E-state index contributed by atoms with van der Waals surface area (Å²) in [7, 11) is 1.55. The third kappa shape index (κ3) is 4.14. The van der Waals surface area contributed by atoms with Crippen LogP contribution in [-0.2, 0) is 11.3 Å². The fraction of sp³-hybridized carbons (Fsp3) is 0.500. The van der Waals surface area contributed by atoms with Crippen molar-refractivity contribution in [2.45, 2.75) is 19.6 Å². The van der Waals surface area contributed by atoms with Gasteiger partial charge in [-0.25, -0.2) is 0 Å². The molecule has 0 bridgehead atoms. The van der Waals surface area contributed by atoms with Gasteiger partial charge in [-0.1, -0.05) is 0 Å². The molecule has 0 saturated carbocycles. The van der Waals surface area contributed by atoms with Crippen molar-refractivity contribution in [1.29, 1.82) is 0 Å². The zero-order chi connectivity index (χ0) is 11.3. The van der Waals surface area contributed by atoms with E-state index < -0.39 is 0 Å². The molecule has 0 amide bonds. The van der Waals surface area contributed by atoms with Crippen LogP contribution >= 0.6 is 0 Å². The van der Waals surface area contributed by atoms with Crippen LogP contribution in [-0.4, -0.2) is 24.7 Å². The van der Waals surface area contributed by atoms with E-state index in [1.165, 1.54) is 0 Å². The molecule has 1 aromatic rings. The number of anilines is 1. The largest absolute Gasteiger partial charge is 0.481 e. The number of nitrogen functional groups attached to an aromatic ring is 1. The Bertz CT molecular complexity index is 316. The number of methoxy groups -OCH3 is 1. The molecule has 15 heavy (non-hydrogen) atoms. The molecular formula is C10H17N3O2. The Kier molecular flexibility index (Phi) is 4.33. The fourth-order valence-corrected chi connectivity index (χ4v) is 1.13. The summed E-state index contributed by atoms with van der Waals surface area (Å²) in [6.45, 7) is 2.87. The Hall–Kier alpha value is -1.33. The van der Waals surface area contributed by atoms with E-state index in [-0.39, 0.29) is 6.04 Å². The van der Waals surface area contributed by atoms with Gasteiger partial charge in [0.25, 0.3) is 0 Å². The maximum atomic E-state index is 5.60. The van der Waals surface area contributed by atoms with Gasteiger partial charge in [-0.15, -0.1) is 0 Å². The van der Waals surface area contributed by atoms with E-state index in [9.17, 15) is 0 Å². The minimum Gasteiger partial charge on any atom is -0.481 e. The van der Waals surface area contributed by atoms with Crippen LogP contribution in [0.25, 0.3) is 0 Å². The van der Waals surface area contributed by atoms with Crippen molar-refractivity contribution in [3.05, 3.63) is 17.7 Å². The van der Waals surface area contributed by atoms with Crippen molar-refractivity contribution in [3.8, 4) is 5.88 Å². The highest BCUT2D eigenvalue weighted by atomic mass is 16.5. The van der Waals surface area contributed by atoms with Gasteiger partial charge in [0.2, 0.25) is 5.88 Å². The van der Waals surface area contributed by atoms with Crippen molar-refractivity contribution >= 4 is 5.82 Å². The Morgan fingerprint density at radius 3 is 2.80 bits per heavy atom. The third-order valence-electron chi connectivity index (χ3n) is 1.74. The summed E-state index contributed by atoms with van der Waals surface area (Å²) in [5.74, 6) is 0.920. The number of ether oxygens (including phenoxy) is 2. The zero-order valence-corrected chi connectivity index (χ0v) is 9.06. The van der Waals surface area contributed by atoms with Crippen LogP contribution in [0.15, 0.2) is 12.1 Å². The van der Waals surface area contributed by atoms with Gasteiger partial charge in [0.1, 0.15) is 5.82 Å². The number of rotatable bonds is 5. The van der Waals surface area contributed by atoms with E-state index >= 15 is 0 Å². The van der Waals surface area contributed by atoms with Crippen LogP contribution in [0.3, 0.4) is 0 Å². The normalized spacial score (nSPS) is 12.5. The lowest BCUT2D eigenvalue weighted by molar-refractivity contribution is 0.111. The highest BCUT2D eigenvalue weighted by Gasteiger charge is 2.01. The van der Waals surface area contributed by atoms with Crippen molar-refractivity contribution in [2.24, 2.45) is 5.73 Å². The molecule has 0 aliphatic rings. The van der Waals surface area contributed by atoms with Crippen LogP contribution in [0.4, 0.5) is 5.82 Å². The molecule has 5 heteroatoms. The second-order valence-corrected chi connectivity index (χ2v) is 3.44. The first-order valence-electron chi connectivity index (χ1n) is 4.75. The van der Waals surface area contributed by atoms with Gasteiger partial charge in [-0.2, -0.15) is 4.98 Å². The molecule has 0 fully saturated rings. The Morgan fingerprint density at radius 2 is 2.20 bits per heavy atom. The highest BCUT2D eigenvalue weighted by Crippen LogP contribution is 2.14. The smallest absolute Gasteiger partial charge is 0.215 e. The van der Waals surface area contributed by atoms with Crippen molar-refractivity contribution in [3.63, 3.8) is 0 Å². The quantitative estimate of drug-likeness (QED) is 0.742. The molecule has 4 N–H and O–H groups in total. The van der Waals surface area contributed by atoms with Crippen LogP contribution < -0.4 is 16.2 Å². The Balaban J connectivity index is 2.56. The first-order chi connectivity index (χ1) is 7.11. The minimum absolute atomic E-state index is 0.0334. The zero-order valence-electron chi connectivity index (χ0n) is 9.06. The highest BCUT2D eigenvalue weighted by molar-refractivity contribution is 5.36. The summed E-state index contributed by atoms with van der Waals surface area (Å²) < 4.78 is 10.4. The van der Waals surface area contributed by atoms with Gasteiger partial charge in [-0.05, 0) is 18.6 Å². The van der Waals surface area contributed by atoms with Crippen LogP contribution in [0.2, 0.25) is 0 Å². The van der Waals surface area contributed by atoms with Crippen LogP contribution in [0, 0.1) is 0 Å². The van der Waals surface area contributed by atoms with Gasteiger partial charge >= 0.3 is 0 Å². The lowest BCUT2D eigenvalue weighted by Crippen LogP contribution is -2.21. The van der Waals surface area contributed by atoms with Gasteiger partial charge < -0.3 is 20.9 Å². The van der Waals surface area contributed by atoms with E-state index in [4.69, 9.17) is 20.9 Å². The predicted molar refractivity (Wildman–Crippen MR) is 58.5 cm³/mol. The molecule has 0 radical (unpaired) electrons. The molecule has 1 aromatic heterocycles. The first kappa shape index (κ1) is 11.7. The molecule has 0 unspecified atom stereocenters. The molecule has 0 saturated heterocycles. The third-order valence-corrected chi connectivity index (χ3v) is 1.74. The van der Waals surface area contributed by atoms with Gasteiger partial charge in [0.15, 0.2) is 0 Å². The topological polar surface area (TPSA) is 83.4 Å². The number of hydrogen-bond donors (Lipinski definition) is 2. The van der Waals surface area contributed by atoms with Crippen LogP contribution in [0.1, 0.15) is 12.5 Å². The summed E-state index contributed by atoms with van der Waals surface area (Å²) in [6.07, 6.45) is 0. The molecule has 1 rings (SSSR count). The standard InChI is InChI=1S/C10H17N3O2/c1-7(11)5-15-6-8-3-9(12)13-10(4-8)14-2/h3-4,7H,5-6,11H2,1-2H3,(H2,12,13)/t7-/m1/s1. The Morgan fingerprint density at radius 1 is 1.47 bits per heavy atom. The molecule has 1 atom stereocenters. The second-order valence-electron chi connectivity index (χ2n) is 3.44. The number of nitrogens with two attached hydrogens (primary N) is 2. The van der Waals surface area contributed by atoms with Crippen molar-refractivity contribution < 1.29 is 9.47 Å². The lowest BCUT2D eigenvalue weighted by atomic mass is 10.2. The summed E-state index contributed by atoms with van der Waals surface area (Å²) in [6, 6.07) is 3.58. The minimum atomic E-state index is 0.0334. The Labute approximate surface area is 89.4 Å². The maximum absolute atomic E-state index is 5.60. The van der Waals surface area contributed by atoms with E-state index in [1.54, 1.807) is 19.2 Å². The lowest BCUT2D eigenvalue weighted by Gasteiger charge is -2.08. The van der Waals surface area contributed by atoms with Gasteiger partial charge in [0, 0.05) is 12.1 Å². The fourth-order valence-electron chi connectivity index (χ4n) is 1.13. The van der Waals surface area contributed by atoms with Crippen molar-refractivity contribution in [1.82, 2.24) is 4.98 Å². The second kappa shape index (κ2) is 5.53.